The molecule has 4 aromatic rings. The summed E-state index contributed by atoms with van der Waals surface area (Å²) in [6, 6.07) is 25.9. The van der Waals surface area contributed by atoms with E-state index in [1.807, 2.05) is 0 Å². The van der Waals surface area contributed by atoms with Crippen molar-refractivity contribution in [2.24, 2.45) is 11.8 Å². The molecule has 1 heterocycles. The van der Waals surface area contributed by atoms with Gasteiger partial charge < -0.3 is 5.32 Å². The number of amides is 3. The van der Waals surface area contributed by atoms with Gasteiger partial charge in [-0.1, -0.05) is 84.9 Å². The van der Waals surface area contributed by atoms with E-state index in [0.29, 0.717) is 27.8 Å². The maximum atomic E-state index is 14.5. The predicted octanol–water partition coefficient (Wildman–Crippen LogP) is 6.85. The van der Waals surface area contributed by atoms with Crippen molar-refractivity contribution in [2.45, 2.75) is 28.4 Å². The minimum atomic E-state index is -4.63. The summed E-state index contributed by atoms with van der Waals surface area (Å²) in [4.78, 5) is 41.0. The molecule has 1 fully saturated rings. The SMILES string of the molecule is O=C(Nc1cccc(C(F)(F)F)c1)[C@H](Cc1ccccc1)N1C(=O)[C@@H]2[C@H](C1=O)C1(Cl)c3ccccc3C2(Cl)c2ccccc21. The summed E-state index contributed by atoms with van der Waals surface area (Å²) in [5, 5.41) is 2.51. The Bertz CT molecular complexity index is 1720. The van der Waals surface area contributed by atoms with Gasteiger partial charge in [-0.25, -0.2) is 0 Å². The molecule has 5 nitrogen and oxygen atoms in total. The first-order valence-corrected chi connectivity index (χ1v) is 14.7. The Kier molecular flexibility index (Phi) is 6.47. The highest BCUT2D eigenvalue weighted by Crippen LogP contribution is 2.69. The van der Waals surface area contributed by atoms with Crippen LogP contribution in [0.25, 0.3) is 0 Å². The molecule has 44 heavy (non-hydrogen) atoms. The number of nitrogens with one attached hydrogen (secondary N) is 1. The van der Waals surface area contributed by atoms with Crippen molar-refractivity contribution in [1.29, 1.82) is 0 Å². The van der Waals surface area contributed by atoms with Crippen molar-refractivity contribution in [3.63, 3.8) is 0 Å². The Balaban J connectivity index is 1.34. The molecule has 4 aromatic carbocycles. The number of carbonyl (C=O) groups is 3. The molecule has 1 saturated heterocycles. The first-order chi connectivity index (χ1) is 21.0. The quantitative estimate of drug-likeness (QED) is 0.193. The summed E-state index contributed by atoms with van der Waals surface area (Å²) in [7, 11) is 0. The number of nitrogens with zero attached hydrogens (tertiary/aromatic N) is 1. The molecule has 222 valence electrons. The van der Waals surface area contributed by atoms with Crippen LogP contribution in [0.5, 0.6) is 0 Å². The minimum Gasteiger partial charge on any atom is -0.324 e. The molecule has 3 atom stereocenters. The standard InChI is InChI=1S/C34H23Cl2F3N2O3/c35-32-22-13-4-5-14-23(22)33(36,25-16-7-6-15-24(25)32)28-27(32)30(43)41(31(28)44)26(17-19-9-2-1-3-10-19)29(42)40-21-12-8-11-20(18-21)34(37,38)39/h1-16,18,26-28H,17H2,(H,40,42)/t26-,27-,28+,32?,33?/m0/s1. The third-order valence-electron chi connectivity index (χ3n) is 8.96. The summed E-state index contributed by atoms with van der Waals surface area (Å²) in [6.45, 7) is 0. The fourth-order valence-corrected chi connectivity index (χ4v) is 8.23. The van der Waals surface area contributed by atoms with Crippen molar-refractivity contribution >= 4 is 46.6 Å². The maximum absolute atomic E-state index is 14.5. The Labute approximate surface area is 260 Å². The van der Waals surface area contributed by atoms with E-state index in [0.717, 1.165) is 17.0 Å². The zero-order chi connectivity index (χ0) is 31.0. The lowest BCUT2D eigenvalue weighted by Crippen LogP contribution is -2.57. The number of benzene rings is 4. The summed E-state index contributed by atoms with van der Waals surface area (Å²) < 4.78 is 40.2. The van der Waals surface area contributed by atoms with E-state index >= 15 is 0 Å². The second-order valence-electron chi connectivity index (χ2n) is 11.3. The molecular weight excluding hydrogens is 612 g/mol. The highest BCUT2D eigenvalue weighted by molar-refractivity contribution is 6.36. The molecule has 3 amide bonds. The van der Waals surface area contributed by atoms with E-state index in [1.165, 1.54) is 12.1 Å². The molecule has 10 heteroatoms. The van der Waals surface area contributed by atoms with E-state index in [-0.39, 0.29) is 12.1 Å². The lowest BCUT2D eigenvalue weighted by atomic mass is 9.54. The smallest absolute Gasteiger partial charge is 0.324 e. The molecule has 0 saturated carbocycles. The van der Waals surface area contributed by atoms with Gasteiger partial charge in [-0.3, -0.25) is 19.3 Å². The maximum Gasteiger partial charge on any atom is 0.416 e. The third-order valence-corrected chi connectivity index (χ3v) is 10.2. The van der Waals surface area contributed by atoms with Gasteiger partial charge in [0.15, 0.2) is 0 Å². The zero-order valence-corrected chi connectivity index (χ0v) is 24.3. The van der Waals surface area contributed by atoms with Crippen molar-refractivity contribution in [2.75, 3.05) is 5.32 Å². The van der Waals surface area contributed by atoms with Gasteiger partial charge in [0.25, 0.3) is 0 Å². The number of hydrogen-bond acceptors (Lipinski definition) is 3. The number of rotatable bonds is 5. The summed E-state index contributed by atoms with van der Waals surface area (Å²) in [6.07, 6.45) is -4.71. The van der Waals surface area contributed by atoms with Gasteiger partial charge in [-0.05, 0) is 46.0 Å². The Hall–Kier alpha value is -4.14. The molecule has 0 aromatic heterocycles. The summed E-state index contributed by atoms with van der Waals surface area (Å²) in [5.74, 6) is -4.39. The van der Waals surface area contributed by atoms with Crippen LogP contribution in [0.15, 0.2) is 103 Å². The van der Waals surface area contributed by atoms with Gasteiger partial charge in [0, 0.05) is 12.1 Å². The summed E-state index contributed by atoms with van der Waals surface area (Å²) in [5.41, 5.74) is 2.04. The van der Waals surface area contributed by atoms with E-state index in [2.05, 4.69) is 5.32 Å². The molecule has 1 aliphatic heterocycles. The van der Waals surface area contributed by atoms with Crippen LogP contribution in [0.2, 0.25) is 0 Å². The zero-order valence-electron chi connectivity index (χ0n) is 22.8. The Morgan fingerprint density at radius 3 is 1.70 bits per heavy atom. The first kappa shape index (κ1) is 28.6. The number of likely N-dealkylation sites (tertiary alicyclic amines) is 1. The van der Waals surface area contributed by atoms with Gasteiger partial charge in [-0.2, -0.15) is 13.2 Å². The molecule has 2 bridgehead atoms. The average molecular weight is 635 g/mol. The third kappa shape index (κ3) is 3.97. The van der Waals surface area contributed by atoms with Crippen LogP contribution in [-0.4, -0.2) is 28.7 Å². The van der Waals surface area contributed by atoms with Crippen LogP contribution in [0.3, 0.4) is 0 Å². The van der Waals surface area contributed by atoms with Gasteiger partial charge in [0.05, 0.1) is 17.4 Å². The van der Waals surface area contributed by atoms with Crippen molar-refractivity contribution in [1.82, 2.24) is 4.90 Å². The Morgan fingerprint density at radius 1 is 0.750 bits per heavy atom. The molecule has 1 N–H and O–H groups in total. The van der Waals surface area contributed by atoms with E-state index in [4.69, 9.17) is 23.2 Å². The van der Waals surface area contributed by atoms with Crippen LogP contribution in [0.4, 0.5) is 18.9 Å². The van der Waals surface area contributed by atoms with E-state index in [9.17, 15) is 27.6 Å². The lowest BCUT2D eigenvalue weighted by molar-refractivity contribution is -0.146. The van der Waals surface area contributed by atoms with Gasteiger partial charge in [0.1, 0.15) is 15.8 Å². The highest BCUT2D eigenvalue weighted by atomic mass is 35.5. The fourth-order valence-electron chi connectivity index (χ4n) is 7.13. The van der Waals surface area contributed by atoms with Crippen molar-refractivity contribution < 1.29 is 27.6 Å². The molecule has 0 spiro atoms. The largest absolute Gasteiger partial charge is 0.416 e. The molecule has 0 radical (unpaired) electrons. The predicted molar refractivity (Wildman–Crippen MR) is 159 cm³/mol. The van der Waals surface area contributed by atoms with Gasteiger partial charge >= 0.3 is 6.18 Å². The molecule has 8 rings (SSSR count). The monoisotopic (exact) mass is 634 g/mol. The number of alkyl halides is 5. The van der Waals surface area contributed by atoms with E-state index < -0.39 is 57.1 Å². The van der Waals surface area contributed by atoms with E-state index in [1.54, 1.807) is 78.9 Å². The first-order valence-electron chi connectivity index (χ1n) is 13.9. The second kappa shape index (κ2) is 9.94. The number of carbonyl (C=O) groups excluding carboxylic acids is 3. The van der Waals surface area contributed by atoms with Gasteiger partial charge in [-0.15, -0.1) is 23.2 Å². The second-order valence-corrected chi connectivity index (χ2v) is 12.5. The minimum absolute atomic E-state index is 0.0764. The lowest BCUT2D eigenvalue weighted by Gasteiger charge is -2.54. The van der Waals surface area contributed by atoms with Crippen LogP contribution in [0.1, 0.15) is 33.4 Å². The van der Waals surface area contributed by atoms with Crippen LogP contribution >= 0.6 is 23.2 Å². The van der Waals surface area contributed by atoms with Crippen molar-refractivity contribution in [3.05, 3.63) is 137 Å². The fraction of sp³-hybridized carbons (Fsp3) is 0.206. The topological polar surface area (TPSA) is 66.5 Å². The van der Waals surface area contributed by atoms with Crippen LogP contribution in [0, 0.1) is 11.8 Å². The molecule has 0 unspecified atom stereocenters. The normalized spacial score (nSPS) is 25.7. The number of imide groups is 1. The summed E-state index contributed by atoms with van der Waals surface area (Å²) >= 11 is 15.0. The number of hydrogen-bond donors (Lipinski definition) is 1. The molecule has 3 aliphatic carbocycles. The number of anilines is 1. The highest BCUT2D eigenvalue weighted by Gasteiger charge is 2.73. The van der Waals surface area contributed by atoms with Crippen LogP contribution in [-0.2, 0) is 36.7 Å². The average Bonchev–Trinajstić information content (AvgIpc) is 3.29. The van der Waals surface area contributed by atoms with Crippen LogP contribution < -0.4 is 5.32 Å². The van der Waals surface area contributed by atoms with Gasteiger partial charge in [0.2, 0.25) is 17.7 Å². The van der Waals surface area contributed by atoms with Crippen molar-refractivity contribution in [3.8, 4) is 0 Å². The number of halogens is 5. The Morgan fingerprint density at radius 2 is 1.23 bits per heavy atom. The molecular formula is C34H23Cl2F3N2O3. The molecule has 4 aliphatic rings.